The van der Waals surface area contributed by atoms with E-state index < -0.39 is 17.9 Å². The molecule has 1 amide bonds. The van der Waals surface area contributed by atoms with Crippen molar-refractivity contribution in [2.45, 2.75) is 25.4 Å². The number of halogens is 1. The van der Waals surface area contributed by atoms with Gasteiger partial charge in [-0.1, -0.05) is 29.8 Å². The second-order valence-electron chi connectivity index (χ2n) is 5.64. The number of hydrogen-bond donors (Lipinski definition) is 2. The molecule has 1 aromatic heterocycles. The number of carbonyl (C=O) groups is 2. The van der Waals surface area contributed by atoms with Gasteiger partial charge in [0.15, 0.2) is 0 Å². The standard InChI is InChI=1S/C16H16ClN3O3/c17-13-4-2-1-3-11(13)8-20-9-12(7-18-20)15(21)19-14(16(22)23)10-5-6-10/h1-4,7,9-10,14H,5-6,8H2,(H,19,21)(H,22,23). The fraction of sp³-hybridized carbons (Fsp3) is 0.312. The Kier molecular flexibility index (Phi) is 4.34. The third kappa shape index (κ3) is 3.71. The third-order valence-corrected chi connectivity index (χ3v) is 4.20. The molecule has 0 radical (unpaired) electrons. The summed E-state index contributed by atoms with van der Waals surface area (Å²) in [6, 6.07) is 6.58. The monoisotopic (exact) mass is 333 g/mol. The van der Waals surface area contributed by atoms with Crippen LogP contribution >= 0.6 is 11.6 Å². The summed E-state index contributed by atoms with van der Waals surface area (Å²) >= 11 is 6.10. The van der Waals surface area contributed by atoms with Gasteiger partial charge in [0.2, 0.25) is 0 Å². The first-order valence-electron chi connectivity index (χ1n) is 7.34. The van der Waals surface area contributed by atoms with E-state index in [4.69, 9.17) is 16.7 Å². The zero-order valence-corrected chi connectivity index (χ0v) is 13.0. The molecule has 120 valence electrons. The van der Waals surface area contributed by atoms with Crippen LogP contribution in [0.5, 0.6) is 0 Å². The van der Waals surface area contributed by atoms with Crippen LogP contribution in [0, 0.1) is 5.92 Å². The molecule has 1 saturated carbocycles. The van der Waals surface area contributed by atoms with Crippen LogP contribution in [0.1, 0.15) is 28.8 Å². The summed E-state index contributed by atoms with van der Waals surface area (Å²) in [6.07, 6.45) is 4.69. The number of nitrogens with one attached hydrogen (secondary N) is 1. The second kappa shape index (κ2) is 6.42. The lowest BCUT2D eigenvalue weighted by Gasteiger charge is -2.12. The van der Waals surface area contributed by atoms with Crippen LogP contribution in [0.15, 0.2) is 36.7 Å². The summed E-state index contributed by atoms with van der Waals surface area (Å²) in [6.45, 7) is 0.442. The van der Waals surface area contributed by atoms with Crippen molar-refractivity contribution in [2.24, 2.45) is 5.92 Å². The average Bonchev–Trinajstić information content (AvgIpc) is 3.25. The van der Waals surface area contributed by atoms with Crippen LogP contribution < -0.4 is 5.32 Å². The van der Waals surface area contributed by atoms with Gasteiger partial charge in [0.1, 0.15) is 6.04 Å². The quantitative estimate of drug-likeness (QED) is 0.848. The Balaban J connectivity index is 1.67. The van der Waals surface area contributed by atoms with Gasteiger partial charge in [0.25, 0.3) is 5.91 Å². The molecule has 0 saturated heterocycles. The minimum Gasteiger partial charge on any atom is -0.480 e. The molecule has 1 atom stereocenters. The molecule has 1 aromatic carbocycles. The first kappa shape index (κ1) is 15.6. The molecule has 1 fully saturated rings. The number of amides is 1. The number of nitrogens with zero attached hydrogens (tertiary/aromatic N) is 2. The highest BCUT2D eigenvalue weighted by Crippen LogP contribution is 2.32. The van der Waals surface area contributed by atoms with E-state index in [-0.39, 0.29) is 5.92 Å². The van der Waals surface area contributed by atoms with E-state index in [1.807, 2.05) is 18.2 Å². The van der Waals surface area contributed by atoms with Crippen molar-refractivity contribution in [1.82, 2.24) is 15.1 Å². The first-order valence-corrected chi connectivity index (χ1v) is 7.72. The Morgan fingerprint density at radius 1 is 1.39 bits per heavy atom. The molecular formula is C16H16ClN3O3. The fourth-order valence-electron chi connectivity index (χ4n) is 2.40. The van der Waals surface area contributed by atoms with Gasteiger partial charge in [0, 0.05) is 11.2 Å². The van der Waals surface area contributed by atoms with Crippen molar-refractivity contribution in [3.05, 3.63) is 52.8 Å². The maximum Gasteiger partial charge on any atom is 0.326 e. The SMILES string of the molecule is O=C(NC(C(=O)O)C1CC1)c1cnn(Cc2ccccc2Cl)c1. The zero-order valence-electron chi connectivity index (χ0n) is 12.3. The number of carbonyl (C=O) groups excluding carboxylic acids is 1. The summed E-state index contributed by atoms with van der Waals surface area (Å²) in [4.78, 5) is 23.4. The lowest BCUT2D eigenvalue weighted by molar-refractivity contribution is -0.139. The van der Waals surface area contributed by atoms with E-state index in [1.165, 1.54) is 6.20 Å². The van der Waals surface area contributed by atoms with Gasteiger partial charge in [-0.05, 0) is 30.4 Å². The minimum absolute atomic E-state index is 0.0367. The van der Waals surface area contributed by atoms with E-state index in [0.717, 1.165) is 18.4 Å². The van der Waals surface area contributed by atoms with Crippen molar-refractivity contribution in [3.63, 3.8) is 0 Å². The highest BCUT2D eigenvalue weighted by molar-refractivity contribution is 6.31. The van der Waals surface area contributed by atoms with E-state index in [0.29, 0.717) is 17.1 Å². The lowest BCUT2D eigenvalue weighted by atomic mass is 10.2. The van der Waals surface area contributed by atoms with Crippen LogP contribution in [0.4, 0.5) is 0 Å². The van der Waals surface area contributed by atoms with Gasteiger partial charge in [0.05, 0.1) is 18.3 Å². The van der Waals surface area contributed by atoms with Crippen molar-refractivity contribution >= 4 is 23.5 Å². The highest BCUT2D eigenvalue weighted by atomic mass is 35.5. The molecule has 1 unspecified atom stereocenters. The van der Waals surface area contributed by atoms with Crippen LogP contribution in [0.2, 0.25) is 5.02 Å². The van der Waals surface area contributed by atoms with Gasteiger partial charge >= 0.3 is 5.97 Å². The summed E-state index contributed by atoms with van der Waals surface area (Å²) in [5.41, 5.74) is 1.23. The molecule has 0 spiro atoms. The highest BCUT2D eigenvalue weighted by Gasteiger charge is 2.37. The van der Waals surface area contributed by atoms with Crippen molar-refractivity contribution < 1.29 is 14.7 Å². The van der Waals surface area contributed by atoms with Gasteiger partial charge in [-0.15, -0.1) is 0 Å². The van der Waals surface area contributed by atoms with Crippen LogP contribution in [0.25, 0.3) is 0 Å². The molecular weight excluding hydrogens is 318 g/mol. The van der Waals surface area contributed by atoms with Gasteiger partial charge in [-0.25, -0.2) is 4.79 Å². The number of aliphatic carboxylic acids is 1. The molecule has 6 nitrogen and oxygen atoms in total. The van der Waals surface area contributed by atoms with Crippen molar-refractivity contribution in [1.29, 1.82) is 0 Å². The van der Waals surface area contributed by atoms with Crippen LogP contribution in [-0.4, -0.2) is 32.8 Å². The molecule has 1 aliphatic carbocycles. The summed E-state index contributed by atoms with van der Waals surface area (Å²) < 4.78 is 1.60. The van der Waals surface area contributed by atoms with E-state index in [2.05, 4.69) is 10.4 Å². The van der Waals surface area contributed by atoms with Gasteiger partial charge < -0.3 is 10.4 Å². The fourth-order valence-corrected chi connectivity index (χ4v) is 2.60. The van der Waals surface area contributed by atoms with Crippen LogP contribution in [0.3, 0.4) is 0 Å². The molecule has 3 rings (SSSR count). The van der Waals surface area contributed by atoms with Crippen LogP contribution in [-0.2, 0) is 11.3 Å². The summed E-state index contributed by atoms with van der Waals surface area (Å²) in [5, 5.41) is 16.5. The number of benzene rings is 1. The maximum absolute atomic E-state index is 12.2. The molecule has 7 heteroatoms. The number of carboxylic acids is 1. The smallest absolute Gasteiger partial charge is 0.326 e. The maximum atomic E-state index is 12.2. The molecule has 0 bridgehead atoms. The van der Waals surface area contributed by atoms with Gasteiger partial charge in [-0.2, -0.15) is 5.10 Å². The third-order valence-electron chi connectivity index (χ3n) is 3.83. The van der Waals surface area contributed by atoms with Gasteiger partial charge in [-0.3, -0.25) is 9.48 Å². The molecule has 0 aliphatic heterocycles. The summed E-state index contributed by atoms with van der Waals surface area (Å²) in [7, 11) is 0. The largest absolute Gasteiger partial charge is 0.480 e. The predicted molar refractivity (Wildman–Crippen MR) is 84.4 cm³/mol. The Hall–Kier alpha value is -2.34. The minimum atomic E-state index is -0.996. The number of carboxylic acid groups (broad SMARTS) is 1. The van der Waals surface area contributed by atoms with E-state index in [1.54, 1.807) is 16.9 Å². The number of hydrogen-bond acceptors (Lipinski definition) is 3. The average molecular weight is 334 g/mol. The zero-order chi connectivity index (χ0) is 16.4. The molecule has 23 heavy (non-hydrogen) atoms. The number of aromatic nitrogens is 2. The topological polar surface area (TPSA) is 84.2 Å². The normalized spacial score (nSPS) is 15.2. The molecule has 1 heterocycles. The predicted octanol–water partition coefficient (Wildman–Crippen LogP) is 2.18. The molecule has 2 N–H and O–H groups in total. The van der Waals surface area contributed by atoms with Crippen molar-refractivity contribution in [2.75, 3.05) is 0 Å². The summed E-state index contributed by atoms with van der Waals surface area (Å²) in [5.74, 6) is -1.38. The van der Waals surface area contributed by atoms with E-state index in [9.17, 15) is 9.59 Å². The van der Waals surface area contributed by atoms with E-state index >= 15 is 0 Å². The Bertz CT molecular complexity index is 740. The molecule has 2 aromatic rings. The Labute approximate surface area is 138 Å². The number of rotatable bonds is 6. The Morgan fingerprint density at radius 2 is 2.13 bits per heavy atom. The van der Waals surface area contributed by atoms with Crippen molar-refractivity contribution in [3.8, 4) is 0 Å². The Morgan fingerprint density at radius 3 is 2.78 bits per heavy atom. The molecule has 1 aliphatic rings. The second-order valence-corrected chi connectivity index (χ2v) is 6.05. The first-order chi connectivity index (χ1) is 11.0. The lowest BCUT2D eigenvalue weighted by Crippen LogP contribution is -2.42.